The fraction of sp³-hybridized carbons (Fsp3) is 0.261. The molecule has 30 heavy (non-hydrogen) atoms. The predicted molar refractivity (Wildman–Crippen MR) is 118 cm³/mol. The van der Waals surface area contributed by atoms with Crippen molar-refractivity contribution in [2.45, 2.75) is 13.2 Å². The molecule has 0 radical (unpaired) electrons. The van der Waals surface area contributed by atoms with Crippen molar-refractivity contribution in [2.24, 2.45) is 0 Å². The average Bonchev–Trinajstić information content (AvgIpc) is 3.24. The van der Waals surface area contributed by atoms with Crippen LogP contribution in [-0.4, -0.2) is 41.9 Å². The second-order valence-electron chi connectivity index (χ2n) is 7.23. The van der Waals surface area contributed by atoms with Crippen LogP contribution in [0.15, 0.2) is 60.0 Å². The summed E-state index contributed by atoms with van der Waals surface area (Å²) in [6, 6.07) is 16.0. The van der Waals surface area contributed by atoms with Gasteiger partial charge in [0.25, 0.3) is 5.91 Å². The normalized spacial score (nSPS) is 14.7. The Balaban J connectivity index is 1.28. The summed E-state index contributed by atoms with van der Waals surface area (Å²) in [6.45, 7) is 4.16. The smallest absolute Gasteiger partial charge is 0.264 e. The highest BCUT2D eigenvalue weighted by Crippen LogP contribution is 2.22. The average molecular weight is 445 g/mol. The summed E-state index contributed by atoms with van der Waals surface area (Å²) >= 11 is 7.35. The number of nitrogens with zero attached hydrogens (tertiary/aromatic N) is 2. The number of halogens is 2. The zero-order valence-electron chi connectivity index (χ0n) is 16.4. The number of hydrogen-bond donors (Lipinski definition) is 0. The van der Waals surface area contributed by atoms with Gasteiger partial charge in [0.1, 0.15) is 6.61 Å². The number of rotatable bonds is 6. The Morgan fingerprint density at radius 1 is 1.03 bits per heavy atom. The van der Waals surface area contributed by atoms with Crippen LogP contribution in [0.5, 0.6) is 5.75 Å². The Morgan fingerprint density at radius 2 is 1.77 bits per heavy atom. The third-order valence-electron chi connectivity index (χ3n) is 5.07. The van der Waals surface area contributed by atoms with Crippen LogP contribution in [-0.2, 0) is 13.2 Å². The molecule has 156 valence electrons. The molecule has 1 fully saturated rings. The highest BCUT2D eigenvalue weighted by molar-refractivity contribution is 7.12. The number of amides is 1. The SMILES string of the molecule is O=C(c1cc(COc2ccccc2F)cs1)N1CCN(Cc2ccc(Cl)cc2)CC1. The van der Waals surface area contributed by atoms with Gasteiger partial charge in [0.15, 0.2) is 11.6 Å². The summed E-state index contributed by atoms with van der Waals surface area (Å²) in [4.78, 5) is 17.8. The van der Waals surface area contributed by atoms with Gasteiger partial charge in [0, 0.05) is 43.3 Å². The third-order valence-corrected chi connectivity index (χ3v) is 6.29. The van der Waals surface area contributed by atoms with Crippen LogP contribution in [0.2, 0.25) is 5.02 Å². The van der Waals surface area contributed by atoms with Crippen molar-refractivity contribution in [1.82, 2.24) is 9.80 Å². The molecule has 2 heterocycles. The van der Waals surface area contributed by atoms with E-state index in [-0.39, 0.29) is 24.1 Å². The Kier molecular flexibility index (Phi) is 6.67. The maximum atomic E-state index is 13.7. The van der Waals surface area contributed by atoms with E-state index in [1.54, 1.807) is 18.2 Å². The summed E-state index contributed by atoms with van der Waals surface area (Å²) in [7, 11) is 0. The lowest BCUT2D eigenvalue weighted by Crippen LogP contribution is -2.48. The molecule has 1 amide bonds. The molecule has 4 rings (SSSR count). The monoisotopic (exact) mass is 444 g/mol. The van der Waals surface area contributed by atoms with E-state index in [1.165, 1.54) is 23.0 Å². The molecule has 0 unspecified atom stereocenters. The number of piperazine rings is 1. The van der Waals surface area contributed by atoms with Crippen molar-refractivity contribution in [1.29, 1.82) is 0 Å². The number of carbonyl (C=O) groups is 1. The molecule has 0 spiro atoms. The van der Waals surface area contributed by atoms with Gasteiger partial charge >= 0.3 is 0 Å². The van der Waals surface area contributed by atoms with Crippen molar-refractivity contribution < 1.29 is 13.9 Å². The topological polar surface area (TPSA) is 32.8 Å². The van der Waals surface area contributed by atoms with Crippen molar-refractivity contribution in [3.8, 4) is 5.75 Å². The Hall–Kier alpha value is -2.41. The van der Waals surface area contributed by atoms with Crippen LogP contribution < -0.4 is 4.74 Å². The number of thiophene rings is 1. The van der Waals surface area contributed by atoms with Gasteiger partial charge in [-0.2, -0.15) is 0 Å². The maximum Gasteiger partial charge on any atom is 0.264 e. The molecule has 1 aliphatic rings. The molecule has 7 heteroatoms. The van der Waals surface area contributed by atoms with Crippen LogP contribution in [0.4, 0.5) is 4.39 Å². The number of para-hydroxylation sites is 1. The number of hydrogen-bond acceptors (Lipinski definition) is 4. The quantitative estimate of drug-likeness (QED) is 0.531. The molecule has 2 aromatic carbocycles. The second kappa shape index (κ2) is 9.60. The van der Waals surface area contributed by atoms with Crippen molar-refractivity contribution in [3.05, 3.63) is 86.8 Å². The molecule has 1 aromatic heterocycles. The van der Waals surface area contributed by atoms with Crippen LogP contribution >= 0.6 is 22.9 Å². The zero-order chi connectivity index (χ0) is 20.9. The fourth-order valence-electron chi connectivity index (χ4n) is 3.40. The second-order valence-corrected chi connectivity index (χ2v) is 8.58. The highest BCUT2D eigenvalue weighted by Gasteiger charge is 2.23. The first-order valence-corrected chi connectivity index (χ1v) is 11.0. The lowest BCUT2D eigenvalue weighted by molar-refractivity contribution is 0.0633. The Morgan fingerprint density at radius 3 is 2.50 bits per heavy atom. The van der Waals surface area contributed by atoms with Gasteiger partial charge < -0.3 is 9.64 Å². The first-order valence-electron chi connectivity index (χ1n) is 9.79. The molecule has 3 aromatic rings. The first-order chi connectivity index (χ1) is 14.6. The van der Waals surface area contributed by atoms with E-state index < -0.39 is 0 Å². The minimum Gasteiger partial charge on any atom is -0.486 e. The van der Waals surface area contributed by atoms with Crippen LogP contribution in [0.25, 0.3) is 0 Å². The Bertz CT molecular complexity index is 1000. The standard InChI is InChI=1S/C23H22ClFN2O2S/c24-19-7-5-17(6-8-19)14-26-9-11-27(12-10-26)23(28)22-13-18(16-30-22)15-29-21-4-2-1-3-20(21)25/h1-8,13,16H,9-12,14-15H2. The molecule has 0 saturated carbocycles. The number of carbonyl (C=O) groups excluding carboxylic acids is 1. The predicted octanol–water partition coefficient (Wildman–Crippen LogP) is 5.08. The van der Waals surface area contributed by atoms with Gasteiger partial charge in [0.2, 0.25) is 0 Å². The molecule has 0 aliphatic carbocycles. The summed E-state index contributed by atoms with van der Waals surface area (Å²) in [5.41, 5.74) is 2.09. The fourth-order valence-corrected chi connectivity index (χ4v) is 4.39. The summed E-state index contributed by atoms with van der Waals surface area (Å²) in [6.07, 6.45) is 0. The van der Waals surface area contributed by atoms with Gasteiger partial charge in [-0.25, -0.2) is 4.39 Å². The molecule has 1 aliphatic heterocycles. The lowest BCUT2D eigenvalue weighted by atomic mass is 10.2. The first kappa shape index (κ1) is 20.8. The van der Waals surface area contributed by atoms with Gasteiger partial charge in [0.05, 0.1) is 4.88 Å². The van der Waals surface area contributed by atoms with Crippen LogP contribution in [0.1, 0.15) is 20.8 Å². The largest absolute Gasteiger partial charge is 0.486 e. The van der Waals surface area contributed by atoms with Gasteiger partial charge in [-0.05, 0) is 41.3 Å². The molecule has 1 saturated heterocycles. The maximum absolute atomic E-state index is 13.7. The molecule has 0 atom stereocenters. The van der Waals surface area contributed by atoms with E-state index in [4.69, 9.17) is 16.3 Å². The van der Waals surface area contributed by atoms with Crippen molar-refractivity contribution in [2.75, 3.05) is 26.2 Å². The Labute approximate surface area is 184 Å². The summed E-state index contributed by atoms with van der Waals surface area (Å²) < 4.78 is 19.2. The van der Waals surface area contributed by atoms with Gasteiger partial charge in [-0.3, -0.25) is 9.69 Å². The van der Waals surface area contributed by atoms with E-state index in [0.29, 0.717) is 18.0 Å². The van der Waals surface area contributed by atoms with E-state index in [2.05, 4.69) is 4.90 Å². The minimum atomic E-state index is -0.388. The van der Waals surface area contributed by atoms with Gasteiger partial charge in [-0.15, -0.1) is 11.3 Å². The van der Waals surface area contributed by atoms with E-state index >= 15 is 0 Å². The zero-order valence-corrected chi connectivity index (χ0v) is 18.0. The highest BCUT2D eigenvalue weighted by atomic mass is 35.5. The van der Waals surface area contributed by atoms with Crippen LogP contribution in [0.3, 0.4) is 0 Å². The van der Waals surface area contributed by atoms with Gasteiger partial charge in [-0.1, -0.05) is 35.9 Å². The molecule has 0 bridgehead atoms. The van der Waals surface area contributed by atoms with Crippen LogP contribution in [0, 0.1) is 5.82 Å². The lowest BCUT2D eigenvalue weighted by Gasteiger charge is -2.34. The van der Waals surface area contributed by atoms with E-state index in [9.17, 15) is 9.18 Å². The minimum absolute atomic E-state index is 0.0447. The summed E-state index contributed by atoms with van der Waals surface area (Å²) in [5.74, 6) is -0.128. The molecule has 0 N–H and O–H groups in total. The molecular weight excluding hydrogens is 423 g/mol. The molecule has 4 nitrogen and oxygen atoms in total. The summed E-state index contributed by atoms with van der Waals surface area (Å²) in [5, 5.41) is 2.63. The van der Waals surface area contributed by atoms with E-state index in [0.717, 1.165) is 30.2 Å². The number of benzene rings is 2. The molecular formula is C23H22ClFN2O2S. The van der Waals surface area contributed by atoms with E-state index in [1.807, 2.05) is 40.6 Å². The van der Waals surface area contributed by atoms with Crippen molar-refractivity contribution >= 4 is 28.8 Å². The third kappa shape index (κ3) is 5.19. The number of ether oxygens (including phenoxy) is 1. The van der Waals surface area contributed by atoms with Crippen molar-refractivity contribution in [3.63, 3.8) is 0 Å².